The van der Waals surface area contributed by atoms with Crippen LogP contribution in [0.4, 0.5) is 0 Å². The van der Waals surface area contributed by atoms with Crippen LogP contribution in [-0.4, -0.2) is 36.0 Å². The Labute approximate surface area is 139 Å². The number of piperidine rings is 1. The quantitative estimate of drug-likeness (QED) is 0.933. The molecule has 1 aromatic rings. The van der Waals surface area contributed by atoms with Gasteiger partial charge in [-0.05, 0) is 49.9 Å². The molecule has 126 valence electrons. The largest absolute Gasteiger partial charge is 0.490 e. The maximum atomic E-state index is 12.6. The molecule has 0 unspecified atom stereocenters. The first-order chi connectivity index (χ1) is 11.0. The van der Waals surface area contributed by atoms with Gasteiger partial charge in [-0.2, -0.15) is 0 Å². The van der Waals surface area contributed by atoms with E-state index in [9.17, 15) is 4.79 Å². The molecule has 1 aliphatic heterocycles. The fourth-order valence-corrected chi connectivity index (χ4v) is 3.70. The number of likely N-dealkylation sites (tertiary alicyclic amines) is 1. The third-order valence-electron chi connectivity index (χ3n) is 5.42. The molecule has 1 aromatic carbocycles. The Hall–Kier alpha value is -1.55. The molecule has 1 saturated carbocycles. The summed E-state index contributed by atoms with van der Waals surface area (Å²) in [6, 6.07) is 6.30. The van der Waals surface area contributed by atoms with Gasteiger partial charge in [0.05, 0.1) is 5.92 Å². The summed E-state index contributed by atoms with van der Waals surface area (Å²) >= 11 is 0. The fourth-order valence-electron chi connectivity index (χ4n) is 3.70. The van der Waals surface area contributed by atoms with Crippen molar-refractivity contribution in [1.29, 1.82) is 0 Å². The Morgan fingerprint density at radius 1 is 1.13 bits per heavy atom. The zero-order chi connectivity index (χ0) is 16.4. The maximum absolute atomic E-state index is 12.6. The van der Waals surface area contributed by atoms with Gasteiger partial charge in [0.2, 0.25) is 5.91 Å². The van der Waals surface area contributed by atoms with Crippen LogP contribution in [0.25, 0.3) is 0 Å². The number of amides is 1. The molecular weight excluding hydrogens is 288 g/mol. The van der Waals surface area contributed by atoms with E-state index in [2.05, 4.69) is 26.0 Å². The first-order valence-corrected chi connectivity index (χ1v) is 8.83. The van der Waals surface area contributed by atoms with E-state index in [1.54, 1.807) is 0 Å². The molecule has 2 atom stereocenters. The zero-order valence-corrected chi connectivity index (χ0v) is 14.3. The van der Waals surface area contributed by atoms with Crippen molar-refractivity contribution in [2.24, 2.45) is 11.7 Å². The molecule has 1 heterocycles. The molecule has 2 N–H and O–H groups in total. The first-order valence-electron chi connectivity index (χ1n) is 8.83. The summed E-state index contributed by atoms with van der Waals surface area (Å²) in [4.78, 5) is 14.6. The molecule has 4 nitrogen and oxygen atoms in total. The SMILES string of the molecule is Cc1ccc(OC2CCN(C(=O)[C@@H]3CCC[C@@H]3N)CC2)cc1C. The van der Waals surface area contributed by atoms with Crippen molar-refractivity contribution in [3.8, 4) is 5.75 Å². The molecule has 2 aliphatic rings. The molecule has 2 fully saturated rings. The maximum Gasteiger partial charge on any atom is 0.227 e. The van der Waals surface area contributed by atoms with Gasteiger partial charge in [-0.25, -0.2) is 0 Å². The second-order valence-electron chi connectivity index (χ2n) is 7.09. The number of carbonyl (C=O) groups excluding carboxylic acids is 1. The Balaban J connectivity index is 1.52. The number of carbonyl (C=O) groups is 1. The van der Waals surface area contributed by atoms with E-state index < -0.39 is 0 Å². The van der Waals surface area contributed by atoms with Gasteiger partial charge in [-0.15, -0.1) is 0 Å². The molecule has 1 amide bonds. The van der Waals surface area contributed by atoms with Gasteiger partial charge in [-0.1, -0.05) is 12.5 Å². The van der Waals surface area contributed by atoms with E-state index in [0.29, 0.717) is 0 Å². The molecule has 23 heavy (non-hydrogen) atoms. The van der Waals surface area contributed by atoms with E-state index in [0.717, 1.165) is 50.9 Å². The van der Waals surface area contributed by atoms with Crippen molar-refractivity contribution >= 4 is 5.91 Å². The lowest BCUT2D eigenvalue weighted by Gasteiger charge is -2.34. The van der Waals surface area contributed by atoms with Crippen molar-refractivity contribution in [3.63, 3.8) is 0 Å². The first kappa shape index (κ1) is 16.3. The molecule has 1 saturated heterocycles. The second-order valence-corrected chi connectivity index (χ2v) is 7.09. The molecule has 0 radical (unpaired) electrons. The smallest absolute Gasteiger partial charge is 0.227 e. The van der Waals surface area contributed by atoms with Gasteiger partial charge < -0.3 is 15.4 Å². The number of hydrogen-bond acceptors (Lipinski definition) is 3. The van der Waals surface area contributed by atoms with E-state index in [1.807, 2.05) is 11.0 Å². The van der Waals surface area contributed by atoms with Crippen LogP contribution in [-0.2, 0) is 4.79 Å². The summed E-state index contributed by atoms with van der Waals surface area (Å²) in [5, 5.41) is 0. The van der Waals surface area contributed by atoms with Gasteiger partial charge in [0.15, 0.2) is 0 Å². The normalized spacial score (nSPS) is 25.6. The highest BCUT2D eigenvalue weighted by molar-refractivity contribution is 5.80. The van der Waals surface area contributed by atoms with E-state index in [4.69, 9.17) is 10.5 Å². The van der Waals surface area contributed by atoms with Crippen LogP contribution >= 0.6 is 0 Å². The number of ether oxygens (including phenoxy) is 1. The van der Waals surface area contributed by atoms with Crippen molar-refractivity contribution in [2.75, 3.05) is 13.1 Å². The van der Waals surface area contributed by atoms with Gasteiger partial charge >= 0.3 is 0 Å². The summed E-state index contributed by atoms with van der Waals surface area (Å²) < 4.78 is 6.10. The molecule has 1 aliphatic carbocycles. The van der Waals surface area contributed by atoms with Gasteiger partial charge in [-0.3, -0.25) is 4.79 Å². The van der Waals surface area contributed by atoms with Crippen molar-refractivity contribution < 1.29 is 9.53 Å². The van der Waals surface area contributed by atoms with Crippen LogP contribution in [0.5, 0.6) is 5.75 Å². The fraction of sp³-hybridized carbons (Fsp3) is 0.632. The number of hydrogen-bond donors (Lipinski definition) is 1. The van der Waals surface area contributed by atoms with Crippen LogP contribution in [0, 0.1) is 19.8 Å². The number of aryl methyl sites for hydroxylation is 2. The van der Waals surface area contributed by atoms with Crippen LogP contribution in [0.2, 0.25) is 0 Å². The van der Waals surface area contributed by atoms with E-state index in [1.165, 1.54) is 11.1 Å². The van der Waals surface area contributed by atoms with Crippen LogP contribution in [0.3, 0.4) is 0 Å². The summed E-state index contributed by atoms with van der Waals surface area (Å²) in [6.45, 7) is 5.79. The van der Waals surface area contributed by atoms with Crippen molar-refractivity contribution in [2.45, 2.75) is 58.1 Å². The van der Waals surface area contributed by atoms with Crippen LogP contribution < -0.4 is 10.5 Å². The molecule has 0 spiro atoms. The lowest BCUT2D eigenvalue weighted by Crippen LogP contribution is -2.47. The average molecular weight is 316 g/mol. The molecule has 0 bridgehead atoms. The van der Waals surface area contributed by atoms with Gasteiger partial charge in [0, 0.05) is 32.0 Å². The van der Waals surface area contributed by atoms with Crippen molar-refractivity contribution in [1.82, 2.24) is 4.90 Å². The van der Waals surface area contributed by atoms with Gasteiger partial charge in [0.25, 0.3) is 0 Å². The summed E-state index contributed by atoms with van der Waals surface area (Å²) in [7, 11) is 0. The minimum absolute atomic E-state index is 0.0483. The Kier molecular flexibility index (Phi) is 4.90. The highest BCUT2D eigenvalue weighted by Gasteiger charge is 2.35. The Bertz CT molecular complexity index is 564. The van der Waals surface area contributed by atoms with Crippen molar-refractivity contribution in [3.05, 3.63) is 29.3 Å². The van der Waals surface area contributed by atoms with Gasteiger partial charge in [0.1, 0.15) is 11.9 Å². The number of nitrogens with two attached hydrogens (primary N) is 1. The molecular formula is C19H28N2O2. The van der Waals surface area contributed by atoms with E-state index in [-0.39, 0.29) is 24.0 Å². The number of benzene rings is 1. The Morgan fingerprint density at radius 3 is 2.48 bits per heavy atom. The monoisotopic (exact) mass is 316 g/mol. The lowest BCUT2D eigenvalue weighted by atomic mass is 10.00. The molecule has 3 rings (SSSR count). The summed E-state index contributed by atoms with van der Waals surface area (Å²) in [5.74, 6) is 1.25. The van der Waals surface area contributed by atoms with Crippen LogP contribution in [0.1, 0.15) is 43.2 Å². The van der Waals surface area contributed by atoms with Crippen LogP contribution in [0.15, 0.2) is 18.2 Å². The van der Waals surface area contributed by atoms with E-state index >= 15 is 0 Å². The highest BCUT2D eigenvalue weighted by Crippen LogP contribution is 2.28. The average Bonchev–Trinajstić information content (AvgIpc) is 2.97. The zero-order valence-electron chi connectivity index (χ0n) is 14.3. The molecule has 4 heteroatoms. The highest BCUT2D eigenvalue weighted by atomic mass is 16.5. The minimum Gasteiger partial charge on any atom is -0.490 e. The molecule has 0 aromatic heterocycles. The number of nitrogens with zero attached hydrogens (tertiary/aromatic N) is 1. The predicted octanol–water partition coefficient (Wildman–Crippen LogP) is 2.80. The summed E-state index contributed by atoms with van der Waals surface area (Å²) in [5.41, 5.74) is 8.61. The second kappa shape index (κ2) is 6.91. The number of rotatable bonds is 3. The predicted molar refractivity (Wildman–Crippen MR) is 91.5 cm³/mol. The third kappa shape index (κ3) is 3.69. The minimum atomic E-state index is 0.0483. The standard InChI is InChI=1S/C19H28N2O2/c1-13-6-7-16(12-14(13)2)23-15-8-10-21(11-9-15)19(22)17-4-3-5-18(17)20/h6-7,12,15,17-18H,3-5,8-11,20H2,1-2H3/t17-,18+/m1/s1. The lowest BCUT2D eigenvalue weighted by molar-refractivity contribution is -0.137. The Morgan fingerprint density at radius 2 is 1.87 bits per heavy atom. The summed E-state index contributed by atoms with van der Waals surface area (Å²) in [6.07, 6.45) is 5.05. The third-order valence-corrected chi connectivity index (χ3v) is 5.42. The topological polar surface area (TPSA) is 55.6 Å².